The number of carboxylic acids is 1. The minimum atomic E-state index is -3.95. The zero-order valence-corrected chi connectivity index (χ0v) is 13.0. The van der Waals surface area contributed by atoms with E-state index >= 15 is 0 Å². The number of nitrogens with one attached hydrogen (secondary N) is 1. The first-order valence-corrected chi connectivity index (χ1v) is 7.89. The molecule has 0 aromatic heterocycles. The minimum absolute atomic E-state index is 0.101. The number of hydrogen-bond acceptors (Lipinski definition) is 4. The van der Waals surface area contributed by atoms with Crippen molar-refractivity contribution >= 4 is 16.0 Å². The molecular formula is C13H19FN2O4S. The normalized spacial score (nSPS) is 11.9. The zero-order chi connectivity index (χ0) is 16.2. The number of hydrogen-bond donors (Lipinski definition) is 2. The van der Waals surface area contributed by atoms with Crippen LogP contribution in [0.5, 0.6) is 0 Å². The number of carboxylic acid groups (broad SMARTS) is 1. The van der Waals surface area contributed by atoms with Gasteiger partial charge >= 0.3 is 5.97 Å². The van der Waals surface area contributed by atoms with Gasteiger partial charge in [-0.3, -0.25) is 0 Å². The summed E-state index contributed by atoms with van der Waals surface area (Å²) in [7, 11) is -2.12. The van der Waals surface area contributed by atoms with Gasteiger partial charge in [-0.2, -0.15) is 0 Å². The van der Waals surface area contributed by atoms with Crippen LogP contribution in [-0.4, -0.2) is 51.1 Å². The van der Waals surface area contributed by atoms with E-state index in [2.05, 4.69) is 4.72 Å². The molecule has 0 aliphatic heterocycles. The van der Waals surface area contributed by atoms with Crippen LogP contribution in [0.3, 0.4) is 0 Å². The lowest BCUT2D eigenvalue weighted by Crippen LogP contribution is -2.33. The van der Waals surface area contributed by atoms with Crippen LogP contribution in [0.4, 0.5) is 4.39 Å². The molecule has 6 nitrogen and oxygen atoms in total. The molecule has 118 valence electrons. The van der Waals surface area contributed by atoms with E-state index in [1.807, 2.05) is 18.9 Å². The lowest BCUT2D eigenvalue weighted by atomic mass is 10.1. The molecule has 0 aliphatic rings. The molecule has 0 radical (unpaired) electrons. The molecule has 0 saturated carbocycles. The molecule has 0 saturated heterocycles. The van der Waals surface area contributed by atoms with Gasteiger partial charge in [0.2, 0.25) is 10.0 Å². The Morgan fingerprint density at radius 2 is 2.05 bits per heavy atom. The fraction of sp³-hybridized carbons (Fsp3) is 0.462. The van der Waals surface area contributed by atoms with E-state index in [0.717, 1.165) is 18.7 Å². The van der Waals surface area contributed by atoms with Crippen molar-refractivity contribution in [2.24, 2.45) is 0 Å². The number of rotatable bonds is 7. The molecule has 2 N–H and O–H groups in total. The molecule has 0 spiro atoms. The van der Waals surface area contributed by atoms with E-state index in [1.54, 1.807) is 0 Å². The first-order chi connectivity index (χ1) is 9.69. The van der Waals surface area contributed by atoms with Crippen LogP contribution in [-0.2, 0) is 10.0 Å². The summed E-state index contributed by atoms with van der Waals surface area (Å²) in [4.78, 5) is 12.5. The van der Waals surface area contributed by atoms with Gasteiger partial charge in [0.15, 0.2) is 0 Å². The summed E-state index contributed by atoms with van der Waals surface area (Å²) >= 11 is 0. The molecule has 1 aromatic rings. The molecule has 0 fully saturated rings. The van der Waals surface area contributed by atoms with Crippen molar-refractivity contribution in [3.05, 3.63) is 29.1 Å². The zero-order valence-electron chi connectivity index (χ0n) is 12.2. The average Bonchev–Trinajstić information content (AvgIpc) is 2.40. The Morgan fingerprint density at radius 3 is 2.57 bits per heavy atom. The summed E-state index contributed by atoms with van der Waals surface area (Å²) in [6.45, 7) is 4.66. The Kier molecular flexibility index (Phi) is 5.82. The standard InChI is InChI=1S/C13H19FN2O4S/c1-4-16(3)6-5-15-21(19,20)12-8-10(13(17)18)7-11(14)9(12)2/h7-8,15H,4-6H2,1-3H3,(H,17,18). The number of likely N-dealkylation sites (N-methyl/N-ethyl adjacent to an activating group) is 1. The van der Waals surface area contributed by atoms with Crippen molar-refractivity contribution in [2.45, 2.75) is 18.7 Å². The predicted molar refractivity (Wildman–Crippen MR) is 76.5 cm³/mol. The molecule has 8 heteroatoms. The Morgan fingerprint density at radius 1 is 1.43 bits per heavy atom. The summed E-state index contributed by atoms with van der Waals surface area (Å²) < 4.78 is 40.3. The van der Waals surface area contributed by atoms with E-state index in [0.29, 0.717) is 6.54 Å². The van der Waals surface area contributed by atoms with Gasteiger partial charge in [0, 0.05) is 18.7 Å². The van der Waals surface area contributed by atoms with Crippen LogP contribution >= 0.6 is 0 Å². The fourth-order valence-electron chi connectivity index (χ4n) is 1.66. The Labute approximate surface area is 123 Å². The van der Waals surface area contributed by atoms with Gasteiger partial charge < -0.3 is 10.0 Å². The van der Waals surface area contributed by atoms with Gasteiger partial charge in [-0.25, -0.2) is 22.3 Å². The number of carbonyl (C=O) groups is 1. The summed E-state index contributed by atoms with van der Waals surface area (Å²) in [5, 5.41) is 8.88. The SMILES string of the molecule is CCN(C)CCNS(=O)(=O)c1cc(C(=O)O)cc(F)c1C. The largest absolute Gasteiger partial charge is 0.478 e. The van der Waals surface area contributed by atoms with Gasteiger partial charge in [0.05, 0.1) is 10.5 Å². The lowest BCUT2D eigenvalue weighted by Gasteiger charge is -2.15. The highest BCUT2D eigenvalue weighted by atomic mass is 32.2. The van der Waals surface area contributed by atoms with Crippen LogP contribution in [0, 0.1) is 12.7 Å². The Hall–Kier alpha value is -1.51. The van der Waals surface area contributed by atoms with Gasteiger partial charge in [0.25, 0.3) is 0 Å². The molecule has 0 atom stereocenters. The minimum Gasteiger partial charge on any atom is -0.478 e. The second kappa shape index (κ2) is 6.97. The molecule has 0 aliphatic carbocycles. The fourth-order valence-corrected chi connectivity index (χ4v) is 2.96. The highest BCUT2D eigenvalue weighted by molar-refractivity contribution is 7.89. The van der Waals surface area contributed by atoms with Crippen LogP contribution in [0.2, 0.25) is 0 Å². The highest BCUT2D eigenvalue weighted by Crippen LogP contribution is 2.20. The van der Waals surface area contributed by atoms with Gasteiger partial charge in [-0.1, -0.05) is 6.92 Å². The van der Waals surface area contributed by atoms with E-state index in [1.165, 1.54) is 6.92 Å². The Balaban J connectivity index is 3.05. The first kappa shape index (κ1) is 17.5. The topological polar surface area (TPSA) is 86.7 Å². The number of aromatic carboxylic acids is 1. The Bertz CT molecular complexity index is 631. The molecule has 0 amide bonds. The second-order valence-electron chi connectivity index (χ2n) is 4.68. The van der Waals surface area contributed by atoms with E-state index in [9.17, 15) is 17.6 Å². The van der Waals surface area contributed by atoms with Crippen molar-refractivity contribution < 1.29 is 22.7 Å². The maximum atomic E-state index is 13.7. The van der Waals surface area contributed by atoms with Crippen molar-refractivity contribution in [1.29, 1.82) is 0 Å². The highest BCUT2D eigenvalue weighted by Gasteiger charge is 2.21. The molecular weight excluding hydrogens is 299 g/mol. The third-order valence-corrected chi connectivity index (χ3v) is 4.75. The number of nitrogens with zero attached hydrogens (tertiary/aromatic N) is 1. The van der Waals surface area contributed by atoms with Gasteiger partial charge in [-0.15, -0.1) is 0 Å². The van der Waals surface area contributed by atoms with Crippen molar-refractivity contribution in [1.82, 2.24) is 9.62 Å². The van der Waals surface area contributed by atoms with Gasteiger partial charge in [0.1, 0.15) is 5.82 Å². The van der Waals surface area contributed by atoms with Crippen LogP contribution < -0.4 is 4.72 Å². The average molecular weight is 318 g/mol. The van der Waals surface area contributed by atoms with E-state index < -0.39 is 27.4 Å². The van der Waals surface area contributed by atoms with Crippen molar-refractivity contribution in [3.8, 4) is 0 Å². The molecule has 1 aromatic carbocycles. The maximum Gasteiger partial charge on any atom is 0.335 e. The van der Waals surface area contributed by atoms with Crippen LogP contribution in [0.15, 0.2) is 17.0 Å². The number of benzene rings is 1. The van der Waals surface area contributed by atoms with Crippen LogP contribution in [0.1, 0.15) is 22.8 Å². The second-order valence-corrected chi connectivity index (χ2v) is 6.42. The van der Waals surface area contributed by atoms with E-state index in [4.69, 9.17) is 5.11 Å². The third kappa shape index (κ3) is 4.48. The molecule has 0 heterocycles. The summed E-state index contributed by atoms with van der Waals surface area (Å²) in [6.07, 6.45) is 0. The summed E-state index contributed by atoms with van der Waals surface area (Å²) in [5.74, 6) is -2.24. The quantitative estimate of drug-likeness (QED) is 0.785. The summed E-state index contributed by atoms with van der Waals surface area (Å²) in [6, 6.07) is 1.77. The predicted octanol–water partition coefficient (Wildman–Crippen LogP) is 1.06. The van der Waals surface area contributed by atoms with Crippen molar-refractivity contribution in [3.63, 3.8) is 0 Å². The summed E-state index contributed by atoms with van der Waals surface area (Å²) in [5.41, 5.74) is -0.500. The maximum absolute atomic E-state index is 13.7. The van der Waals surface area contributed by atoms with Crippen molar-refractivity contribution in [2.75, 3.05) is 26.7 Å². The first-order valence-electron chi connectivity index (χ1n) is 6.40. The number of sulfonamides is 1. The lowest BCUT2D eigenvalue weighted by molar-refractivity contribution is 0.0696. The molecule has 1 rings (SSSR count). The number of halogens is 1. The smallest absolute Gasteiger partial charge is 0.335 e. The third-order valence-electron chi connectivity index (χ3n) is 3.16. The molecule has 21 heavy (non-hydrogen) atoms. The van der Waals surface area contributed by atoms with Crippen LogP contribution in [0.25, 0.3) is 0 Å². The van der Waals surface area contributed by atoms with E-state index in [-0.39, 0.29) is 17.0 Å². The monoisotopic (exact) mass is 318 g/mol. The molecule has 0 bridgehead atoms. The van der Waals surface area contributed by atoms with Gasteiger partial charge in [-0.05, 0) is 32.6 Å². The molecule has 0 unspecified atom stereocenters.